The molecule has 5 nitrogen and oxygen atoms in total. The van der Waals surface area contributed by atoms with Crippen molar-refractivity contribution in [1.29, 1.82) is 0 Å². The van der Waals surface area contributed by atoms with Crippen LogP contribution in [0.1, 0.15) is 30.1 Å². The van der Waals surface area contributed by atoms with E-state index in [1.807, 2.05) is 73.8 Å². The lowest BCUT2D eigenvalue weighted by molar-refractivity contribution is 0.266. The van der Waals surface area contributed by atoms with Gasteiger partial charge < -0.3 is 4.57 Å². The van der Waals surface area contributed by atoms with E-state index < -0.39 is 10.0 Å². The van der Waals surface area contributed by atoms with E-state index in [0.717, 1.165) is 35.5 Å². The molecule has 3 aromatic rings. The molecule has 28 heavy (non-hydrogen) atoms. The number of benzene rings is 2. The maximum Gasteiger partial charge on any atom is 0.218 e. The lowest BCUT2D eigenvalue weighted by atomic mass is 10.1. The molecule has 0 amide bonds. The van der Waals surface area contributed by atoms with Gasteiger partial charge in [-0.1, -0.05) is 60.7 Å². The number of imidazole rings is 1. The summed E-state index contributed by atoms with van der Waals surface area (Å²) in [5.41, 5.74) is 2.94. The van der Waals surface area contributed by atoms with Gasteiger partial charge in [-0.3, -0.25) is 0 Å². The summed E-state index contributed by atoms with van der Waals surface area (Å²) in [6, 6.07) is 19.6. The molecule has 0 saturated carbocycles. The van der Waals surface area contributed by atoms with Crippen molar-refractivity contribution in [1.82, 2.24) is 13.9 Å². The van der Waals surface area contributed by atoms with Gasteiger partial charge in [0.2, 0.25) is 10.0 Å². The van der Waals surface area contributed by atoms with E-state index in [0.29, 0.717) is 13.1 Å². The zero-order chi connectivity index (χ0) is 19.6. The second-order valence-corrected chi connectivity index (χ2v) is 9.32. The van der Waals surface area contributed by atoms with Crippen LogP contribution in [0.3, 0.4) is 0 Å². The molecule has 1 fully saturated rings. The van der Waals surface area contributed by atoms with Crippen molar-refractivity contribution < 1.29 is 8.42 Å². The third-order valence-corrected chi connectivity index (χ3v) is 7.14. The molecular weight excluding hydrogens is 370 g/mol. The summed E-state index contributed by atoms with van der Waals surface area (Å²) in [5.74, 6) is 0.958. The van der Waals surface area contributed by atoms with Gasteiger partial charge in [0, 0.05) is 36.6 Å². The van der Waals surface area contributed by atoms with Gasteiger partial charge in [0.1, 0.15) is 5.82 Å². The van der Waals surface area contributed by atoms with Gasteiger partial charge in [-0.05, 0) is 25.3 Å². The normalized spacial score (nSPS) is 18.2. The predicted molar refractivity (Wildman–Crippen MR) is 111 cm³/mol. The lowest BCUT2D eigenvalue weighted by Crippen LogP contribution is -2.41. The van der Waals surface area contributed by atoms with E-state index in [1.54, 1.807) is 4.31 Å². The van der Waals surface area contributed by atoms with E-state index in [-0.39, 0.29) is 11.8 Å². The number of piperidine rings is 1. The molecule has 6 heteroatoms. The lowest BCUT2D eigenvalue weighted by Gasteiger charge is -2.34. The van der Waals surface area contributed by atoms with E-state index in [9.17, 15) is 8.42 Å². The SMILES string of the molecule is Cc1cnc(-c2ccccc2)n1C1CCCN(S(=O)(=O)Cc2ccccc2)C1. The van der Waals surface area contributed by atoms with Gasteiger partial charge in [-0.15, -0.1) is 0 Å². The summed E-state index contributed by atoms with van der Waals surface area (Å²) in [5, 5.41) is 0. The van der Waals surface area contributed by atoms with Gasteiger partial charge in [0.05, 0.1) is 5.75 Å². The molecule has 0 radical (unpaired) electrons. The Morgan fingerprint density at radius 1 is 1.04 bits per heavy atom. The summed E-state index contributed by atoms with van der Waals surface area (Å²) in [7, 11) is -3.35. The fourth-order valence-electron chi connectivity index (χ4n) is 3.97. The summed E-state index contributed by atoms with van der Waals surface area (Å²) >= 11 is 0. The van der Waals surface area contributed by atoms with E-state index in [4.69, 9.17) is 0 Å². The standard InChI is InChI=1S/C22H25N3O2S/c1-18-15-23-22(20-11-6-3-7-12-20)25(18)21-13-8-14-24(16-21)28(26,27)17-19-9-4-2-5-10-19/h2-7,9-12,15,21H,8,13-14,16-17H2,1H3. The molecule has 1 unspecified atom stereocenters. The molecule has 1 aliphatic heterocycles. The predicted octanol–water partition coefficient (Wildman–Crippen LogP) is 4.03. The zero-order valence-electron chi connectivity index (χ0n) is 16.0. The number of aryl methyl sites for hydroxylation is 1. The zero-order valence-corrected chi connectivity index (χ0v) is 16.8. The van der Waals surface area contributed by atoms with Crippen LogP contribution in [0.2, 0.25) is 0 Å². The number of sulfonamides is 1. The minimum absolute atomic E-state index is 0.0506. The molecule has 1 aromatic heterocycles. The Labute approximate surface area is 166 Å². The van der Waals surface area contributed by atoms with Gasteiger partial charge in [0.15, 0.2) is 0 Å². The van der Waals surface area contributed by atoms with Crippen molar-refractivity contribution in [3.63, 3.8) is 0 Å². The summed E-state index contributed by atoms with van der Waals surface area (Å²) in [6.07, 6.45) is 3.68. The molecule has 0 N–H and O–H groups in total. The summed E-state index contributed by atoms with van der Waals surface area (Å²) < 4.78 is 29.9. The van der Waals surface area contributed by atoms with Gasteiger partial charge in [0.25, 0.3) is 0 Å². The molecule has 0 spiro atoms. The maximum atomic E-state index is 13.0. The first-order valence-electron chi connectivity index (χ1n) is 9.65. The van der Waals surface area contributed by atoms with Crippen molar-refractivity contribution in [2.75, 3.05) is 13.1 Å². The van der Waals surface area contributed by atoms with Crippen molar-refractivity contribution >= 4 is 10.0 Å². The quantitative estimate of drug-likeness (QED) is 0.655. The third kappa shape index (κ3) is 3.88. The molecule has 146 valence electrons. The van der Waals surface area contributed by atoms with Crippen LogP contribution in [0.15, 0.2) is 66.9 Å². The van der Waals surface area contributed by atoms with Crippen LogP contribution in [0.25, 0.3) is 11.4 Å². The third-order valence-electron chi connectivity index (χ3n) is 5.32. The first kappa shape index (κ1) is 18.9. The molecule has 0 aliphatic carbocycles. The second kappa shape index (κ2) is 7.89. The topological polar surface area (TPSA) is 55.2 Å². The summed E-state index contributed by atoms with van der Waals surface area (Å²) in [4.78, 5) is 4.61. The Hall–Kier alpha value is -2.44. The van der Waals surface area contributed by atoms with Crippen molar-refractivity contribution in [3.8, 4) is 11.4 Å². The molecule has 1 saturated heterocycles. The number of aromatic nitrogens is 2. The Bertz CT molecular complexity index is 1030. The smallest absolute Gasteiger partial charge is 0.218 e. The molecule has 1 aliphatic rings. The highest BCUT2D eigenvalue weighted by Gasteiger charge is 2.31. The van der Waals surface area contributed by atoms with Crippen LogP contribution in [-0.2, 0) is 15.8 Å². The number of nitrogens with zero attached hydrogens (tertiary/aromatic N) is 3. The Kier molecular flexibility index (Phi) is 5.33. The van der Waals surface area contributed by atoms with Crippen LogP contribution in [0.4, 0.5) is 0 Å². The fraction of sp³-hybridized carbons (Fsp3) is 0.318. The first-order valence-corrected chi connectivity index (χ1v) is 11.3. The minimum Gasteiger partial charge on any atom is -0.324 e. The van der Waals surface area contributed by atoms with Crippen LogP contribution in [0, 0.1) is 6.92 Å². The number of hydrogen-bond acceptors (Lipinski definition) is 3. The van der Waals surface area contributed by atoms with E-state index in [2.05, 4.69) is 9.55 Å². The molecule has 2 heterocycles. The Balaban J connectivity index is 1.59. The summed E-state index contributed by atoms with van der Waals surface area (Å²) in [6.45, 7) is 3.11. The molecular formula is C22H25N3O2S. The highest BCUT2D eigenvalue weighted by molar-refractivity contribution is 7.88. The monoisotopic (exact) mass is 395 g/mol. The van der Waals surface area contributed by atoms with Gasteiger partial charge in [-0.2, -0.15) is 4.31 Å². The van der Waals surface area contributed by atoms with Crippen LogP contribution in [-0.4, -0.2) is 35.4 Å². The minimum atomic E-state index is -3.35. The average molecular weight is 396 g/mol. The largest absolute Gasteiger partial charge is 0.324 e. The highest BCUT2D eigenvalue weighted by atomic mass is 32.2. The molecule has 4 rings (SSSR count). The molecule has 2 aromatic carbocycles. The van der Waals surface area contributed by atoms with E-state index >= 15 is 0 Å². The van der Waals surface area contributed by atoms with Crippen LogP contribution < -0.4 is 0 Å². The van der Waals surface area contributed by atoms with Crippen molar-refractivity contribution in [2.45, 2.75) is 31.6 Å². The molecule has 1 atom stereocenters. The van der Waals surface area contributed by atoms with Crippen molar-refractivity contribution in [3.05, 3.63) is 78.1 Å². The fourth-order valence-corrected chi connectivity index (χ4v) is 5.57. The number of hydrogen-bond donors (Lipinski definition) is 0. The molecule has 0 bridgehead atoms. The van der Waals surface area contributed by atoms with Crippen LogP contribution >= 0.6 is 0 Å². The van der Waals surface area contributed by atoms with Gasteiger partial charge in [-0.25, -0.2) is 13.4 Å². The average Bonchev–Trinajstić information content (AvgIpc) is 3.11. The van der Waals surface area contributed by atoms with E-state index in [1.165, 1.54) is 0 Å². The number of rotatable bonds is 5. The Morgan fingerprint density at radius 2 is 1.71 bits per heavy atom. The Morgan fingerprint density at radius 3 is 2.43 bits per heavy atom. The second-order valence-electron chi connectivity index (χ2n) is 7.36. The van der Waals surface area contributed by atoms with Crippen LogP contribution in [0.5, 0.6) is 0 Å². The van der Waals surface area contributed by atoms with Gasteiger partial charge >= 0.3 is 0 Å². The van der Waals surface area contributed by atoms with Crippen molar-refractivity contribution in [2.24, 2.45) is 0 Å². The first-order chi connectivity index (χ1) is 13.5. The maximum absolute atomic E-state index is 13.0. The highest BCUT2D eigenvalue weighted by Crippen LogP contribution is 2.30.